The van der Waals surface area contributed by atoms with Crippen LogP contribution in [0.1, 0.15) is 30.9 Å². The van der Waals surface area contributed by atoms with Gasteiger partial charge in [-0.15, -0.1) is 0 Å². The molecule has 0 saturated heterocycles. The molecule has 2 aromatic carbocycles. The van der Waals surface area contributed by atoms with Crippen molar-refractivity contribution in [2.75, 3.05) is 0 Å². The molecule has 0 saturated carbocycles. The fourth-order valence-corrected chi connectivity index (χ4v) is 2.59. The average molecular weight is 276 g/mol. The molecule has 2 aromatic rings. The van der Waals surface area contributed by atoms with Gasteiger partial charge in [-0.3, -0.25) is 0 Å². The fraction of sp³-hybridized carbons (Fsp3) is 0.250. The molecule has 0 radical (unpaired) electrons. The average Bonchev–Trinajstić information content (AvgIpc) is 2.41. The highest BCUT2D eigenvalue weighted by atomic mass is 32.2. The van der Waals surface area contributed by atoms with Crippen LogP contribution in [0.4, 0.5) is 4.39 Å². The number of hydrogen-bond donors (Lipinski definition) is 1. The number of aliphatic hydroxyl groups is 1. The first-order valence-corrected chi connectivity index (χ1v) is 7.09. The minimum absolute atomic E-state index is 0.134. The van der Waals surface area contributed by atoms with E-state index in [1.54, 1.807) is 12.1 Å². The summed E-state index contributed by atoms with van der Waals surface area (Å²) in [5, 5.41) is 8.95. The lowest BCUT2D eigenvalue weighted by Crippen LogP contribution is -1.88. The molecule has 0 aliphatic carbocycles. The van der Waals surface area contributed by atoms with Gasteiger partial charge in [0.05, 0.1) is 6.61 Å². The summed E-state index contributed by atoms with van der Waals surface area (Å²) in [6, 6.07) is 13.0. The quantitative estimate of drug-likeness (QED) is 0.881. The SMILES string of the molecule is CC(C)c1ccc(Sc2ccc(CO)cc2F)cc1. The minimum atomic E-state index is -0.288. The molecule has 1 nitrogen and oxygen atoms in total. The van der Waals surface area contributed by atoms with Gasteiger partial charge in [-0.2, -0.15) is 0 Å². The van der Waals surface area contributed by atoms with E-state index < -0.39 is 0 Å². The van der Waals surface area contributed by atoms with Crippen LogP contribution in [0.2, 0.25) is 0 Å². The first-order chi connectivity index (χ1) is 9.10. The molecular weight excluding hydrogens is 259 g/mol. The maximum atomic E-state index is 13.8. The summed E-state index contributed by atoms with van der Waals surface area (Å²) in [4.78, 5) is 1.59. The van der Waals surface area contributed by atoms with E-state index in [2.05, 4.69) is 26.0 Å². The van der Waals surface area contributed by atoms with Crippen LogP contribution in [0.3, 0.4) is 0 Å². The van der Waals surface area contributed by atoms with Crippen molar-refractivity contribution >= 4 is 11.8 Å². The van der Waals surface area contributed by atoms with E-state index in [1.165, 1.54) is 23.4 Å². The Hall–Kier alpha value is -1.32. The first kappa shape index (κ1) is 14.1. The zero-order valence-electron chi connectivity index (χ0n) is 11.1. The van der Waals surface area contributed by atoms with Crippen LogP contribution in [0.15, 0.2) is 52.3 Å². The van der Waals surface area contributed by atoms with E-state index in [4.69, 9.17) is 5.11 Å². The summed E-state index contributed by atoms with van der Waals surface area (Å²) >= 11 is 1.40. The maximum absolute atomic E-state index is 13.8. The fourth-order valence-electron chi connectivity index (χ4n) is 1.77. The summed E-state index contributed by atoms with van der Waals surface area (Å²) in [7, 11) is 0. The lowest BCUT2D eigenvalue weighted by atomic mass is 10.0. The lowest BCUT2D eigenvalue weighted by molar-refractivity contribution is 0.281. The third kappa shape index (κ3) is 3.58. The first-order valence-electron chi connectivity index (χ1n) is 6.27. The zero-order valence-corrected chi connectivity index (χ0v) is 11.9. The molecule has 0 fully saturated rings. The normalized spacial score (nSPS) is 11.0. The van der Waals surface area contributed by atoms with E-state index in [9.17, 15) is 4.39 Å². The minimum Gasteiger partial charge on any atom is -0.392 e. The number of rotatable bonds is 4. The number of halogens is 1. The van der Waals surface area contributed by atoms with Crippen LogP contribution in [-0.4, -0.2) is 5.11 Å². The van der Waals surface area contributed by atoms with E-state index in [0.29, 0.717) is 16.4 Å². The molecule has 0 bridgehead atoms. The monoisotopic (exact) mass is 276 g/mol. The third-order valence-electron chi connectivity index (χ3n) is 2.95. The third-order valence-corrected chi connectivity index (χ3v) is 4.01. The molecule has 0 spiro atoms. The van der Waals surface area contributed by atoms with Crippen molar-refractivity contribution < 1.29 is 9.50 Å². The maximum Gasteiger partial charge on any atom is 0.137 e. The second-order valence-corrected chi connectivity index (χ2v) is 5.86. The number of aliphatic hydroxyl groups excluding tert-OH is 1. The van der Waals surface area contributed by atoms with Crippen molar-refractivity contribution in [3.8, 4) is 0 Å². The van der Waals surface area contributed by atoms with Crippen molar-refractivity contribution in [3.63, 3.8) is 0 Å². The Morgan fingerprint density at radius 1 is 1.11 bits per heavy atom. The van der Waals surface area contributed by atoms with Crippen molar-refractivity contribution in [2.45, 2.75) is 36.2 Å². The zero-order chi connectivity index (χ0) is 13.8. The Kier molecular flexibility index (Phi) is 4.61. The molecule has 2 rings (SSSR count). The highest BCUT2D eigenvalue weighted by molar-refractivity contribution is 7.99. The predicted octanol–water partition coefficient (Wildman–Crippen LogP) is 4.59. The van der Waals surface area contributed by atoms with Crippen LogP contribution in [-0.2, 0) is 6.61 Å². The van der Waals surface area contributed by atoms with Crippen molar-refractivity contribution in [3.05, 3.63) is 59.4 Å². The molecule has 0 atom stereocenters. The second-order valence-electron chi connectivity index (χ2n) is 4.75. The van der Waals surface area contributed by atoms with Gasteiger partial charge < -0.3 is 5.11 Å². The van der Waals surface area contributed by atoms with Gasteiger partial charge in [-0.05, 0) is 41.3 Å². The van der Waals surface area contributed by atoms with Crippen LogP contribution < -0.4 is 0 Å². The van der Waals surface area contributed by atoms with Gasteiger partial charge in [0, 0.05) is 9.79 Å². The predicted molar refractivity (Wildman–Crippen MR) is 77.0 cm³/mol. The molecule has 1 N–H and O–H groups in total. The molecular formula is C16H17FOS. The van der Waals surface area contributed by atoms with E-state index in [1.807, 2.05) is 12.1 Å². The van der Waals surface area contributed by atoms with Gasteiger partial charge in [0.15, 0.2) is 0 Å². The molecule has 100 valence electrons. The Labute approximate surface area is 117 Å². The van der Waals surface area contributed by atoms with E-state index >= 15 is 0 Å². The largest absolute Gasteiger partial charge is 0.392 e. The molecule has 0 aliphatic rings. The number of benzene rings is 2. The Morgan fingerprint density at radius 3 is 2.32 bits per heavy atom. The summed E-state index contributed by atoms with van der Waals surface area (Å²) in [6.07, 6.45) is 0. The molecule has 0 aliphatic heterocycles. The van der Waals surface area contributed by atoms with E-state index in [0.717, 1.165) is 4.90 Å². The van der Waals surface area contributed by atoms with Crippen molar-refractivity contribution in [1.29, 1.82) is 0 Å². The Morgan fingerprint density at radius 2 is 1.79 bits per heavy atom. The highest BCUT2D eigenvalue weighted by Gasteiger charge is 2.06. The smallest absolute Gasteiger partial charge is 0.137 e. The standard InChI is InChI=1S/C16H17FOS/c1-11(2)13-4-6-14(7-5-13)19-16-8-3-12(10-18)9-15(16)17/h3-9,11,18H,10H2,1-2H3. The topological polar surface area (TPSA) is 20.2 Å². The molecule has 19 heavy (non-hydrogen) atoms. The van der Waals surface area contributed by atoms with Crippen LogP contribution in [0.25, 0.3) is 0 Å². The van der Waals surface area contributed by atoms with Crippen LogP contribution in [0.5, 0.6) is 0 Å². The van der Waals surface area contributed by atoms with Gasteiger partial charge in [0.2, 0.25) is 0 Å². The van der Waals surface area contributed by atoms with Gasteiger partial charge in [-0.25, -0.2) is 4.39 Å². The summed E-state index contributed by atoms with van der Waals surface area (Å²) in [5.41, 5.74) is 1.87. The summed E-state index contributed by atoms with van der Waals surface area (Å²) in [6.45, 7) is 4.16. The summed E-state index contributed by atoms with van der Waals surface area (Å²) in [5.74, 6) is 0.212. The lowest BCUT2D eigenvalue weighted by Gasteiger charge is -2.08. The molecule has 0 amide bonds. The second kappa shape index (κ2) is 6.22. The molecule has 3 heteroatoms. The highest BCUT2D eigenvalue weighted by Crippen LogP contribution is 2.31. The molecule has 0 unspecified atom stereocenters. The summed E-state index contributed by atoms with van der Waals surface area (Å²) < 4.78 is 13.8. The van der Waals surface area contributed by atoms with Gasteiger partial charge in [-0.1, -0.05) is 43.8 Å². The molecule has 0 aromatic heterocycles. The van der Waals surface area contributed by atoms with Crippen molar-refractivity contribution in [1.82, 2.24) is 0 Å². The van der Waals surface area contributed by atoms with Crippen molar-refractivity contribution in [2.24, 2.45) is 0 Å². The van der Waals surface area contributed by atoms with Crippen LogP contribution in [0, 0.1) is 5.82 Å². The van der Waals surface area contributed by atoms with Gasteiger partial charge in [0.1, 0.15) is 5.82 Å². The van der Waals surface area contributed by atoms with Gasteiger partial charge in [0.25, 0.3) is 0 Å². The van der Waals surface area contributed by atoms with Gasteiger partial charge >= 0.3 is 0 Å². The van der Waals surface area contributed by atoms with E-state index in [-0.39, 0.29) is 12.4 Å². The van der Waals surface area contributed by atoms with Crippen LogP contribution >= 0.6 is 11.8 Å². The Bertz CT molecular complexity index is 549. The number of hydrogen-bond acceptors (Lipinski definition) is 2. The molecule has 0 heterocycles. The Balaban J connectivity index is 2.16.